The van der Waals surface area contributed by atoms with Crippen molar-refractivity contribution in [1.29, 1.82) is 0 Å². The molecular weight excluding hydrogens is 656 g/mol. The van der Waals surface area contributed by atoms with Crippen molar-refractivity contribution in [3.63, 3.8) is 0 Å². The number of nitrogens with zero attached hydrogens (tertiary/aromatic N) is 4. The molecule has 3 aliphatic rings. The smallest absolute Gasteiger partial charge is 0.418 e. The van der Waals surface area contributed by atoms with Gasteiger partial charge in [-0.15, -0.1) is 4.28 Å². The molecule has 0 aromatic rings. The van der Waals surface area contributed by atoms with E-state index in [4.69, 9.17) is 4.55 Å². The lowest BCUT2D eigenvalue weighted by Crippen LogP contribution is -2.68. The van der Waals surface area contributed by atoms with Crippen LogP contribution in [0.4, 0.5) is 9.59 Å². The van der Waals surface area contributed by atoms with Crippen LogP contribution >= 0.6 is 0 Å². The first-order valence-corrected chi connectivity index (χ1v) is 19.5. The first-order valence-electron chi connectivity index (χ1n) is 18.1. The number of unbranched alkanes of at least 4 members (excludes halogenated alkanes) is 4. The van der Waals surface area contributed by atoms with Crippen LogP contribution in [-0.2, 0) is 24.3 Å². The number of nitrogens with one attached hydrogen (secondary N) is 2. The standard InChI is InChI=1S/C17H27N5O9S.C16H36N/c1-16(2,3)17(7-4-8-21(17)15(26)27)13(24)19-18-12(23)11-6-5-10-9-20(11)14(25)22(10)31-32(28,29)30;1-5-9-13-17(14-10-6-2,15-11-7-3)16-12-8-4/h10-11H,4-9H2,1-3H3,(H,18,23)(H,19,24)(H,26,27)(H,28,29,30);5-16H2,1-4H3/q;+1/p-1/t10-,11+,17-;/m1./s1. The molecule has 3 saturated heterocycles. The molecule has 0 radical (unpaired) electrons. The maximum absolute atomic E-state index is 13.1. The second-order valence-electron chi connectivity index (χ2n) is 14.7. The number of fused-ring (bicyclic) bond motifs is 2. The van der Waals surface area contributed by atoms with Gasteiger partial charge in [0.15, 0.2) is 0 Å². The molecule has 16 heteroatoms. The molecule has 3 heterocycles. The fourth-order valence-corrected chi connectivity index (χ4v) is 7.87. The zero-order valence-electron chi connectivity index (χ0n) is 30.8. The summed E-state index contributed by atoms with van der Waals surface area (Å²) in [6.45, 7) is 20.3. The Balaban J connectivity index is 0.000000417. The van der Waals surface area contributed by atoms with Crippen LogP contribution in [0, 0.1) is 5.41 Å². The topological polar surface area (TPSA) is 189 Å². The largest absolute Gasteiger partial charge is 0.530 e. The zero-order chi connectivity index (χ0) is 37.0. The summed E-state index contributed by atoms with van der Waals surface area (Å²) >= 11 is 0. The molecule has 0 aromatic carbocycles. The molecule has 0 aliphatic carbocycles. The highest BCUT2D eigenvalue weighted by atomic mass is 32.3. The van der Waals surface area contributed by atoms with Crippen LogP contribution in [0.15, 0.2) is 0 Å². The monoisotopic (exact) mass is 718 g/mol. The van der Waals surface area contributed by atoms with Crippen LogP contribution in [0.1, 0.15) is 126 Å². The van der Waals surface area contributed by atoms with Crippen LogP contribution in [-0.4, -0.2) is 113 Å². The summed E-state index contributed by atoms with van der Waals surface area (Å²) in [6, 6.07) is -2.61. The maximum atomic E-state index is 13.1. The van der Waals surface area contributed by atoms with Crippen molar-refractivity contribution >= 4 is 34.3 Å². The zero-order valence-corrected chi connectivity index (χ0v) is 31.6. The van der Waals surface area contributed by atoms with Gasteiger partial charge in [-0.25, -0.2) is 4.79 Å². The summed E-state index contributed by atoms with van der Waals surface area (Å²) in [4.78, 5) is 51.9. The van der Waals surface area contributed by atoms with E-state index in [0.717, 1.165) is 9.80 Å². The van der Waals surface area contributed by atoms with E-state index in [9.17, 15) is 32.7 Å². The average molecular weight is 719 g/mol. The maximum Gasteiger partial charge on any atom is 0.418 e. The van der Waals surface area contributed by atoms with Gasteiger partial charge < -0.3 is 24.2 Å². The first-order chi connectivity index (χ1) is 22.9. The van der Waals surface area contributed by atoms with Gasteiger partial charge in [0.25, 0.3) is 11.8 Å². The van der Waals surface area contributed by atoms with Crippen molar-refractivity contribution in [2.75, 3.05) is 39.3 Å². The number of rotatable bonds is 16. The molecule has 2 bridgehead atoms. The lowest BCUT2D eigenvalue weighted by atomic mass is 9.71. The number of piperidine rings is 1. The minimum atomic E-state index is -4.92. The molecule has 5 amide bonds. The van der Waals surface area contributed by atoms with Crippen LogP contribution in [0.5, 0.6) is 0 Å². The van der Waals surface area contributed by atoms with Crippen LogP contribution in [0.2, 0.25) is 0 Å². The van der Waals surface area contributed by atoms with Crippen molar-refractivity contribution in [3.05, 3.63) is 0 Å². The van der Waals surface area contributed by atoms with Gasteiger partial charge in [-0.2, -0.15) is 13.5 Å². The fraction of sp³-hybridized carbons (Fsp3) is 0.879. The first kappa shape index (κ1) is 42.5. The lowest BCUT2D eigenvalue weighted by molar-refractivity contribution is -0.929. The molecular formula is C33H62N6O9S. The van der Waals surface area contributed by atoms with E-state index in [1.807, 2.05) is 0 Å². The predicted octanol–water partition coefficient (Wildman–Crippen LogP) is 3.36. The number of amides is 5. The van der Waals surface area contributed by atoms with Gasteiger partial charge >= 0.3 is 16.4 Å². The molecule has 0 saturated carbocycles. The molecule has 3 atom stereocenters. The number of hydrazine groups is 1. The van der Waals surface area contributed by atoms with E-state index in [0.29, 0.717) is 11.5 Å². The highest BCUT2D eigenvalue weighted by Gasteiger charge is 2.56. The summed E-state index contributed by atoms with van der Waals surface area (Å²) in [5.74, 6) is -1.46. The number of hydrogen-bond acceptors (Lipinski definition) is 8. The lowest BCUT2D eigenvalue weighted by Gasteiger charge is -2.47. The Bertz CT molecular complexity index is 1190. The average Bonchev–Trinajstić information content (AvgIpc) is 3.60. The number of hydroxylamine groups is 2. The van der Waals surface area contributed by atoms with E-state index >= 15 is 0 Å². The van der Waals surface area contributed by atoms with E-state index in [1.54, 1.807) is 20.8 Å². The number of urea groups is 1. The second kappa shape index (κ2) is 18.5. The molecule has 284 valence electrons. The van der Waals surface area contributed by atoms with Crippen molar-refractivity contribution in [2.45, 2.75) is 143 Å². The number of carboxylic acid groups (broad SMARTS) is 1. The number of quaternary nitrogens is 1. The van der Waals surface area contributed by atoms with Gasteiger partial charge in [0.2, 0.25) is 0 Å². The van der Waals surface area contributed by atoms with Crippen LogP contribution in [0.25, 0.3) is 0 Å². The third kappa shape index (κ3) is 10.9. The summed E-state index contributed by atoms with van der Waals surface area (Å²) in [5.41, 5.74) is 2.27. The van der Waals surface area contributed by atoms with Gasteiger partial charge in [0.05, 0.1) is 32.2 Å². The third-order valence-electron chi connectivity index (χ3n) is 10.3. The van der Waals surface area contributed by atoms with E-state index in [2.05, 4.69) is 42.8 Å². The number of carbonyl (C=O) groups excluding carboxylic acids is 4. The van der Waals surface area contributed by atoms with Gasteiger partial charge in [-0.05, 0) is 56.8 Å². The molecule has 3 fully saturated rings. The third-order valence-corrected chi connectivity index (χ3v) is 10.6. The predicted molar refractivity (Wildman–Crippen MR) is 183 cm³/mol. The van der Waals surface area contributed by atoms with Crippen LogP contribution < -0.4 is 16.0 Å². The Hall–Kier alpha value is -2.69. The Kier molecular flexibility index (Phi) is 16.1. The molecule has 0 spiro atoms. The molecule has 3 N–H and O–H groups in total. The van der Waals surface area contributed by atoms with Gasteiger partial charge in [0.1, 0.15) is 17.7 Å². The Morgan fingerprint density at radius 1 is 0.939 bits per heavy atom. The molecule has 15 nitrogen and oxygen atoms in total. The van der Waals surface area contributed by atoms with Gasteiger partial charge in [0, 0.05) is 13.1 Å². The number of likely N-dealkylation sites (tertiary alicyclic amines) is 1. The summed E-state index contributed by atoms with van der Waals surface area (Å²) in [7, 11) is -4.92. The summed E-state index contributed by atoms with van der Waals surface area (Å²) in [6.07, 6.45) is 10.6. The van der Waals surface area contributed by atoms with E-state index < -0.39 is 57.4 Å². The quantitative estimate of drug-likeness (QED) is 0.122. The molecule has 3 rings (SSSR count). The highest BCUT2D eigenvalue weighted by molar-refractivity contribution is 7.80. The normalized spacial score (nSPS) is 22.5. The van der Waals surface area contributed by atoms with E-state index in [1.165, 1.54) is 82.0 Å². The van der Waals surface area contributed by atoms with Gasteiger partial charge in [-0.1, -0.05) is 74.1 Å². The van der Waals surface area contributed by atoms with Crippen LogP contribution in [0.3, 0.4) is 0 Å². The molecule has 3 aliphatic heterocycles. The second-order valence-corrected chi connectivity index (χ2v) is 15.7. The minimum Gasteiger partial charge on any atom is -0.530 e. The SMILES string of the molecule is CC(C)(C)[C@]1(C(=O)NNC(=O)[C@@H]2CC[C@@H]3CN2C(=O)N3OS(=O)(=O)O)CCCN1C(=O)[O-].CCCC[N+](CCCC)(CCCC)CCCC. The van der Waals surface area contributed by atoms with Crippen molar-refractivity contribution < 1.29 is 46.0 Å². The Labute approximate surface area is 293 Å². The number of carbonyl (C=O) groups is 4. The van der Waals surface area contributed by atoms with E-state index in [-0.39, 0.29) is 32.4 Å². The summed E-state index contributed by atoms with van der Waals surface area (Å²) in [5, 5.41) is 12.1. The Morgan fingerprint density at radius 2 is 1.45 bits per heavy atom. The van der Waals surface area contributed by atoms with Gasteiger partial charge in [-0.3, -0.25) is 25.0 Å². The fourth-order valence-electron chi connectivity index (χ4n) is 7.48. The highest BCUT2D eigenvalue weighted by Crippen LogP contribution is 2.43. The Morgan fingerprint density at radius 3 is 1.88 bits per heavy atom. The number of hydrogen-bond donors (Lipinski definition) is 3. The molecule has 0 unspecified atom stereocenters. The molecule has 49 heavy (non-hydrogen) atoms. The molecule has 0 aromatic heterocycles. The van der Waals surface area contributed by atoms with Crippen molar-refractivity contribution in [1.82, 2.24) is 25.7 Å². The summed E-state index contributed by atoms with van der Waals surface area (Å²) < 4.78 is 36.5. The van der Waals surface area contributed by atoms with Crippen molar-refractivity contribution in [2.24, 2.45) is 5.41 Å². The minimum absolute atomic E-state index is 0.00915. The van der Waals surface area contributed by atoms with Crippen molar-refractivity contribution in [3.8, 4) is 0 Å².